The highest BCUT2D eigenvalue weighted by Gasteiger charge is 2.32. The van der Waals surface area contributed by atoms with Crippen LogP contribution in [0.15, 0.2) is 47.8 Å². The summed E-state index contributed by atoms with van der Waals surface area (Å²) in [6.45, 7) is 12.0. The number of aromatic nitrogens is 1. The molecule has 37 heavy (non-hydrogen) atoms. The van der Waals surface area contributed by atoms with Gasteiger partial charge in [0, 0.05) is 24.9 Å². The summed E-state index contributed by atoms with van der Waals surface area (Å²) in [5.74, 6) is 1.45. The maximum absolute atomic E-state index is 13.3. The Balaban J connectivity index is 1.54. The average molecular weight is 520 g/mol. The van der Waals surface area contributed by atoms with Crippen LogP contribution in [0, 0.1) is 18.8 Å². The van der Waals surface area contributed by atoms with Crippen molar-refractivity contribution in [2.24, 2.45) is 11.8 Å². The number of nitrogens with one attached hydrogen (secondary N) is 1. The summed E-state index contributed by atoms with van der Waals surface area (Å²) in [7, 11) is 0. The van der Waals surface area contributed by atoms with Crippen LogP contribution >= 0.6 is 11.3 Å². The van der Waals surface area contributed by atoms with Crippen LogP contribution in [0.3, 0.4) is 0 Å². The quantitative estimate of drug-likeness (QED) is 0.380. The van der Waals surface area contributed by atoms with Gasteiger partial charge in [-0.25, -0.2) is 4.98 Å². The van der Waals surface area contributed by atoms with Gasteiger partial charge in [-0.2, -0.15) is 0 Å². The van der Waals surface area contributed by atoms with Crippen molar-refractivity contribution >= 4 is 23.2 Å². The molecule has 0 fully saturated rings. The fourth-order valence-corrected chi connectivity index (χ4v) is 5.23. The van der Waals surface area contributed by atoms with E-state index in [2.05, 4.69) is 81.3 Å². The number of ether oxygens (including phenoxy) is 1. The molecule has 1 atom stereocenters. The first-order valence-corrected chi connectivity index (χ1v) is 13.9. The summed E-state index contributed by atoms with van der Waals surface area (Å²) in [6.07, 6.45) is 1.36. The van der Waals surface area contributed by atoms with Gasteiger partial charge >= 0.3 is 0 Å². The molecule has 7 heteroatoms. The fraction of sp³-hybridized carbons (Fsp3) is 0.433. The monoisotopic (exact) mass is 519 g/mol. The first-order chi connectivity index (χ1) is 17.7. The van der Waals surface area contributed by atoms with E-state index < -0.39 is 0 Å². The molecular formula is C30H37N3O3S. The SMILES string of the molecule is Cc1ccc([C@@H]2c3cc(OCc4nc(C(=O)NCC(C)C)cs4)ccc3CCN2C(=O)CC(C)C)cc1. The van der Waals surface area contributed by atoms with Gasteiger partial charge in [0.25, 0.3) is 5.91 Å². The van der Waals surface area contributed by atoms with E-state index in [-0.39, 0.29) is 24.5 Å². The number of benzene rings is 2. The van der Waals surface area contributed by atoms with Gasteiger partial charge in [-0.05, 0) is 54.0 Å². The van der Waals surface area contributed by atoms with Crippen LogP contribution in [-0.2, 0) is 17.8 Å². The van der Waals surface area contributed by atoms with Crippen LogP contribution in [0.5, 0.6) is 5.75 Å². The second-order valence-corrected chi connectivity index (χ2v) is 11.6. The molecule has 0 spiro atoms. The van der Waals surface area contributed by atoms with E-state index in [4.69, 9.17) is 4.74 Å². The molecule has 1 aliphatic rings. The smallest absolute Gasteiger partial charge is 0.270 e. The van der Waals surface area contributed by atoms with E-state index in [0.29, 0.717) is 37.0 Å². The molecule has 0 radical (unpaired) electrons. The molecule has 6 nitrogen and oxygen atoms in total. The molecule has 0 saturated heterocycles. The lowest BCUT2D eigenvalue weighted by Crippen LogP contribution is -2.41. The van der Waals surface area contributed by atoms with E-state index in [1.165, 1.54) is 22.5 Å². The number of nitrogens with zero attached hydrogens (tertiary/aromatic N) is 2. The minimum atomic E-state index is -0.155. The second-order valence-electron chi connectivity index (χ2n) is 10.6. The van der Waals surface area contributed by atoms with Crippen molar-refractivity contribution in [3.63, 3.8) is 0 Å². The lowest BCUT2D eigenvalue weighted by atomic mass is 9.87. The lowest BCUT2D eigenvalue weighted by Gasteiger charge is -2.38. The summed E-state index contributed by atoms with van der Waals surface area (Å²) in [5, 5.41) is 5.42. The molecule has 0 unspecified atom stereocenters. The van der Waals surface area contributed by atoms with E-state index in [9.17, 15) is 9.59 Å². The Kier molecular flexibility index (Phi) is 8.64. The molecule has 0 bridgehead atoms. The number of amides is 2. The summed E-state index contributed by atoms with van der Waals surface area (Å²) < 4.78 is 6.13. The van der Waals surface area contributed by atoms with E-state index in [0.717, 1.165) is 28.3 Å². The summed E-state index contributed by atoms with van der Waals surface area (Å²) in [5.41, 5.74) is 5.08. The van der Waals surface area contributed by atoms with Crippen molar-refractivity contribution in [1.29, 1.82) is 0 Å². The van der Waals surface area contributed by atoms with Gasteiger partial charge in [0.2, 0.25) is 5.91 Å². The molecule has 1 aromatic heterocycles. The minimum absolute atomic E-state index is 0.143. The Labute approximate surface area is 224 Å². The van der Waals surface area contributed by atoms with Crippen molar-refractivity contribution in [3.8, 4) is 5.75 Å². The van der Waals surface area contributed by atoms with Crippen LogP contribution in [-0.4, -0.2) is 34.8 Å². The van der Waals surface area contributed by atoms with E-state index in [1.54, 1.807) is 5.38 Å². The molecule has 2 heterocycles. The van der Waals surface area contributed by atoms with E-state index in [1.807, 2.05) is 11.0 Å². The Bertz CT molecular complexity index is 1230. The Morgan fingerprint density at radius 1 is 1.11 bits per heavy atom. The lowest BCUT2D eigenvalue weighted by molar-refractivity contribution is -0.134. The third kappa shape index (κ3) is 6.77. The number of rotatable bonds is 9. The minimum Gasteiger partial charge on any atom is -0.486 e. The Morgan fingerprint density at radius 3 is 2.57 bits per heavy atom. The predicted molar refractivity (Wildman–Crippen MR) is 148 cm³/mol. The predicted octanol–water partition coefficient (Wildman–Crippen LogP) is 5.94. The molecule has 1 aliphatic heterocycles. The molecule has 4 rings (SSSR count). The zero-order valence-corrected chi connectivity index (χ0v) is 23.2. The van der Waals surface area contributed by atoms with Gasteiger partial charge in [-0.15, -0.1) is 11.3 Å². The number of aryl methyl sites for hydroxylation is 1. The zero-order valence-electron chi connectivity index (χ0n) is 22.4. The zero-order chi connectivity index (χ0) is 26.5. The summed E-state index contributed by atoms with van der Waals surface area (Å²) in [6, 6.07) is 14.5. The van der Waals surface area contributed by atoms with Gasteiger partial charge < -0.3 is 15.0 Å². The summed E-state index contributed by atoms with van der Waals surface area (Å²) >= 11 is 1.42. The number of hydrogen-bond donors (Lipinski definition) is 1. The third-order valence-electron chi connectivity index (χ3n) is 6.46. The number of carbonyl (C=O) groups is 2. The van der Waals surface area contributed by atoms with Crippen LogP contribution in [0.25, 0.3) is 0 Å². The molecule has 0 aliphatic carbocycles. The number of carbonyl (C=O) groups excluding carboxylic acids is 2. The standard InChI is InChI=1S/C30H37N3O3S/c1-19(2)14-28(34)33-13-12-22-10-11-24(15-25(22)29(33)23-8-6-21(5)7-9-23)36-17-27-32-26(18-37-27)30(35)31-16-20(3)4/h6-11,15,18-20,29H,12-14,16-17H2,1-5H3,(H,31,35)/t29-/m1/s1. The normalized spacial score (nSPS) is 15.1. The summed E-state index contributed by atoms with van der Waals surface area (Å²) in [4.78, 5) is 32.0. The highest BCUT2D eigenvalue weighted by molar-refractivity contribution is 7.09. The highest BCUT2D eigenvalue weighted by atomic mass is 32.1. The second kappa shape index (κ2) is 11.9. The highest BCUT2D eigenvalue weighted by Crippen LogP contribution is 2.38. The van der Waals surface area contributed by atoms with Gasteiger partial charge in [-0.3, -0.25) is 9.59 Å². The number of thiazole rings is 1. The van der Waals surface area contributed by atoms with Crippen molar-refractivity contribution in [3.05, 3.63) is 80.8 Å². The maximum Gasteiger partial charge on any atom is 0.270 e. The van der Waals surface area contributed by atoms with Gasteiger partial charge in [0.15, 0.2) is 0 Å². The van der Waals surface area contributed by atoms with Crippen LogP contribution in [0.2, 0.25) is 0 Å². The Morgan fingerprint density at radius 2 is 1.86 bits per heavy atom. The fourth-order valence-electron chi connectivity index (χ4n) is 4.54. The third-order valence-corrected chi connectivity index (χ3v) is 7.28. The molecule has 1 N–H and O–H groups in total. The van der Waals surface area contributed by atoms with Crippen LogP contribution in [0.4, 0.5) is 0 Å². The van der Waals surface area contributed by atoms with Gasteiger partial charge in [-0.1, -0.05) is 63.6 Å². The van der Waals surface area contributed by atoms with Crippen molar-refractivity contribution in [2.45, 2.75) is 60.1 Å². The van der Waals surface area contributed by atoms with Crippen molar-refractivity contribution in [2.75, 3.05) is 13.1 Å². The average Bonchev–Trinajstić information content (AvgIpc) is 3.34. The van der Waals surface area contributed by atoms with Crippen molar-refractivity contribution in [1.82, 2.24) is 15.2 Å². The molecule has 2 aromatic carbocycles. The first kappa shape index (κ1) is 26.9. The molecule has 2 amide bonds. The number of hydrogen-bond acceptors (Lipinski definition) is 5. The van der Waals surface area contributed by atoms with Crippen LogP contribution in [0.1, 0.15) is 77.9 Å². The molecule has 3 aromatic rings. The van der Waals surface area contributed by atoms with E-state index >= 15 is 0 Å². The molecule has 0 saturated carbocycles. The van der Waals surface area contributed by atoms with Crippen LogP contribution < -0.4 is 10.1 Å². The largest absolute Gasteiger partial charge is 0.486 e. The molecule has 196 valence electrons. The van der Waals surface area contributed by atoms with Gasteiger partial charge in [0.1, 0.15) is 23.1 Å². The van der Waals surface area contributed by atoms with Gasteiger partial charge in [0.05, 0.1) is 6.04 Å². The first-order valence-electron chi connectivity index (χ1n) is 13.1. The topological polar surface area (TPSA) is 71.5 Å². The van der Waals surface area contributed by atoms with Crippen molar-refractivity contribution < 1.29 is 14.3 Å². The Hall–Kier alpha value is -3.19. The maximum atomic E-state index is 13.3. The number of fused-ring (bicyclic) bond motifs is 1. The molecular weight excluding hydrogens is 482 g/mol.